The van der Waals surface area contributed by atoms with Crippen molar-refractivity contribution in [1.29, 1.82) is 0 Å². The molecule has 1 saturated carbocycles. The number of aliphatic imine (C=N–C) groups is 1. The van der Waals surface area contributed by atoms with E-state index < -0.39 is 29.2 Å². The van der Waals surface area contributed by atoms with E-state index in [2.05, 4.69) is 32.6 Å². The number of nitrogens with zero attached hydrogens (tertiary/aromatic N) is 3. The molecule has 0 spiro atoms. The highest BCUT2D eigenvalue weighted by atomic mass is 35.5. The normalized spacial score (nSPS) is 18.9. The number of benzene rings is 2. The number of hydrogen-bond acceptors (Lipinski definition) is 8. The van der Waals surface area contributed by atoms with Crippen molar-refractivity contribution in [3.8, 4) is 17.4 Å². The minimum absolute atomic E-state index is 0.192. The molecule has 1 unspecified atom stereocenters. The first-order valence-corrected chi connectivity index (χ1v) is 15.4. The number of ether oxygens (including phenoxy) is 3. The molecule has 3 aromatic rings. The van der Waals surface area contributed by atoms with Crippen LogP contribution in [-0.2, 0) is 9.59 Å². The Bertz CT molecular complexity index is 1610. The molecule has 1 atom stereocenters. The van der Waals surface area contributed by atoms with Gasteiger partial charge in [0.1, 0.15) is 22.4 Å². The number of carbonyl (C=O) groups is 2. The van der Waals surface area contributed by atoms with Gasteiger partial charge in [-0.25, -0.2) is 9.37 Å². The van der Waals surface area contributed by atoms with Crippen LogP contribution in [-0.4, -0.2) is 61.8 Å². The smallest absolute Gasteiger partial charge is 0.240 e. The molecule has 1 aromatic heterocycles. The summed E-state index contributed by atoms with van der Waals surface area (Å²) >= 11 is 6.55. The molecule has 45 heavy (non-hydrogen) atoms. The second-order valence-electron chi connectivity index (χ2n) is 11.8. The summed E-state index contributed by atoms with van der Waals surface area (Å²) in [6.07, 6.45) is 6.28. The van der Waals surface area contributed by atoms with E-state index >= 15 is 0 Å². The van der Waals surface area contributed by atoms with Crippen molar-refractivity contribution in [3.05, 3.63) is 65.1 Å². The van der Waals surface area contributed by atoms with Crippen LogP contribution >= 0.6 is 11.6 Å². The van der Waals surface area contributed by atoms with E-state index in [0.29, 0.717) is 54.7 Å². The van der Waals surface area contributed by atoms with E-state index in [-0.39, 0.29) is 10.9 Å². The first-order chi connectivity index (χ1) is 21.7. The number of piperidine rings is 1. The van der Waals surface area contributed by atoms with Crippen molar-refractivity contribution >= 4 is 46.7 Å². The molecular weight excluding hydrogens is 601 g/mol. The van der Waals surface area contributed by atoms with Crippen LogP contribution in [0, 0.1) is 17.2 Å². The minimum Gasteiger partial charge on any atom is -0.493 e. The number of hydrogen-bond donors (Lipinski definition) is 2. The zero-order valence-electron chi connectivity index (χ0n) is 25.1. The van der Waals surface area contributed by atoms with Crippen molar-refractivity contribution in [2.75, 3.05) is 44.5 Å². The maximum Gasteiger partial charge on any atom is 0.240 e. The largest absolute Gasteiger partial charge is 0.493 e. The Labute approximate surface area is 265 Å². The first-order valence-electron chi connectivity index (χ1n) is 15.0. The molecule has 2 amide bonds. The summed E-state index contributed by atoms with van der Waals surface area (Å²) in [6.45, 7) is 2.76. The molecule has 12 heteroatoms. The summed E-state index contributed by atoms with van der Waals surface area (Å²) in [5, 5.41) is 5.64. The van der Waals surface area contributed by atoms with Gasteiger partial charge in [-0.15, -0.1) is 0 Å². The van der Waals surface area contributed by atoms with E-state index in [1.165, 1.54) is 36.5 Å². The number of amides is 2. The van der Waals surface area contributed by atoms with Gasteiger partial charge in [0.15, 0.2) is 11.5 Å². The van der Waals surface area contributed by atoms with Gasteiger partial charge >= 0.3 is 0 Å². The fourth-order valence-electron chi connectivity index (χ4n) is 5.56. The summed E-state index contributed by atoms with van der Waals surface area (Å²) in [5.41, 5.74) is 1.07. The zero-order valence-corrected chi connectivity index (χ0v) is 25.9. The Kier molecular flexibility index (Phi) is 8.91. The summed E-state index contributed by atoms with van der Waals surface area (Å²) in [4.78, 5) is 37.2. The van der Waals surface area contributed by atoms with Crippen LogP contribution in [0.25, 0.3) is 0 Å². The Morgan fingerprint density at radius 3 is 2.42 bits per heavy atom. The summed E-state index contributed by atoms with van der Waals surface area (Å²) < 4.78 is 31.3. The topological polar surface area (TPSA) is 114 Å². The van der Waals surface area contributed by atoms with Gasteiger partial charge in [0.05, 0.1) is 31.3 Å². The van der Waals surface area contributed by atoms with Crippen molar-refractivity contribution in [1.82, 2.24) is 9.88 Å². The molecule has 3 aliphatic rings. The molecule has 2 aliphatic heterocycles. The van der Waals surface area contributed by atoms with Crippen LogP contribution in [0.2, 0.25) is 5.02 Å². The van der Waals surface area contributed by atoms with E-state index in [4.69, 9.17) is 25.8 Å². The van der Waals surface area contributed by atoms with Gasteiger partial charge in [-0.05, 0) is 88.1 Å². The number of fused-ring (bicyclic) bond motifs is 1. The number of aromatic nitrogens is 1. The first kappa shape index (κ1) is 30.8. The standard InChI is InChI=1S/C33H35ClFN5O5/c1-40-13-8-20(9-14-40)19-44-29-17-26-24(16-28(29)43-2)27(7-12-36-26)45-30-25(34)15-23(18-37-30)39-32(42)33(10-11-33)31(41)38-22-5-3-21(35)4-6-22/h3-6,12,15-18,20,27H,7-11,13-14,19H2,1-2H3,(H,38,41)(H,39,42). The molecule has 2 N–H and O–H groups in total. The summed E-state index contributed by atoms with van der Waals surface area (Å²) in [7, 11) is 3.75. The van der Waals surface area contributed by atoms with Gasteiger partial charge in [0.2, 0.25) is 17.7 Å². The minimum atomic E-state index is -1.21. The SMILES string of the molecule is COc1cc2c(cc1OCC1CCN(C)CC1)N=CCC2Oc1ncc(NC(=O)C2(C(=O)Nc3ccc(F)cc3)CC2)cc1Cl. The second kappa shape index (κ2) is 13.0. The zero-order chi connectivity index (χ0) is 31.6. The van der Waals surface area contributed by atoms with E-state index in [0.717, 1.165) is 37.2 Å². The fourth-order valence-corrected chi connectivity index (χ4v) is 5.77. The number of methoxy groups -OCH3 is 1. The molecule has 6 rings (SSSR count). The van der Waals surface area contributed by atoms with Crippen molar-refractivity contribution in [2.45, 2.75) is 38.2 Å². The fraction of sp³-hybridized carbons (Fsp3) is 0.394. The van der Waals surface area contributed by atoms with Gasteiger partial charge < -0.3 is 29.7 Å². The summed E-state index contributed by atoms with van der Waals surface area (Å²) in [5.74, 6) is 0.599. The van der Waals surface area contributed by atoms with Crippen molar-refractivity contribution < 1.29 is 28.2 Å². The van der Waals surface area contributed by atoms with Crippen LogP contribution < -0.4 is 24.8 Å². The highest BCUT2D eigenvalue weighted by molar-refractivity contribution is 6.32. The van der Waals surface area contributed by atoms with Gasteiger partial charge in [0, 0.05) is 30.0 Å². The highest BCUT2D eigenvalue weighted by Gasteiger charge is 2.56. The molecule has 236 valence electrons. The predicted molar refractivity (Wildman–Crippen MR) is 169 cm³/mol. The Balaban J connectivity index is 1.10. The van der Waals surface area contributed by atoms with Crippen LogP contribution in [0.4, 0.5) is 21.5 Å². The maximum absolute atomic E-state index is 13.2. The summed E-state index contributed by atoms with van der Waals surface area (Å²) in [6, 6.07) is 10.7. The van der Waals surface area contributed by atoms with Gasteiger partial charge in [-0.3, -0.25) is 14.6 Å². The van der Waals surface area contributed by atoms with Crippen LogP contribution in [0.5, 0.6) is 17.4 Å². The lowest BCUT2D eigenvalue weighted by Gasteiger charge is -2.29. The molecule has 1 saturated heterocycles. The second-order valence-corrected chi connectivity index (χ2v) is 12.2. The Morgan fingerprint density at radius 2 is 1.76 bits per heavy atom. The quantitative estimate of drug-likeness (QED) is 0.256. The number of carbonyl (C=O) groups excluding carboxylic acids is 2. The molecule has 2 aromatic carbocycles. The van der Waals surface area contributed by atoms with Crippen molar-refractivity contribution in [3.63, 3.8) is 0 Å². The van der Waals surface area contributed by atoms with E-state index in [1.807, 2.05) is 12.1 Å². The molecule has 3 heterocycles. The van der Waals surface area contributed by atoms with Crippen LogP contribution in [0.1, 0.15) is 43.8 Å². The Morgan fingerprint density at radius 1 is 1.04 bits per heavy atom. The number of pyridine rings is 1. The highest BCUT2D eigenvalue weighted by Crippen LogP contribution is 2.48. The third-order valence-electron chi connectivity index (χ3n) is 8.56. The molecule has 0 bridgehead atoms. The average molecular weight is 636 g/mol. The van der Waals surface area contributed by atoms with Gasteiger partial charge in [-0.1, -0.05) is 11.6 Å². The van der Waals surface area contributed by atoms with Crippen LogP contribution in [0.15, 0.2) is 53.7 Å². The number of nitrogens with one attached hydrogen (secondary N) is 2. The molecule has 1 aliphatic carbocycles. The Hall–Kier alpha value is -4.22. The van der Waals surface area contributed by atoms with Gasteiger partial charge in [-0.2, -0.15) is 0 Å². The number of likely N-dealkylation sites (tertiary alicyclic amines) is 1. The van der Waals surface area contributed by atoms with Crippen molar-refractivity contribution in [2.24, 2.45) is 16.3 Å². The third-order valence-corrected chi connectivity index (χ3v) is 8.83. The number of anilines is 2. The third kappa shape index (κ3) is 6.89. The lowest BCUT2D eigenvalue weighted by atomic mass is 9.98. The lowest BCUT2D eigenvalue weighted by molar-refractivity contribution is -0.131. The average Bonchev–Trinajstić information content (AvgIpc) is 3.85. The molecule has 0 radical (unpaired) electrons. The molecule has 10 nitrogen and oxygen atoms in total. The van der Waals surface area contributed by atoms with E-state index in [9.17, 15) is 14.0 Å². The van der Waals surface area contributed by atoms with E-state index in [1.54, 1.807) is 13.3 Å². The predicted octanol–water partition coefficient (Wildman–Crippen LogP) is 6.19. The number of halogens is 2. The monoisotopic (exact) mass is 635 g/mol. The number of rotatable bonds is 10. The lowest BCUT2D eigenvalue weighted by Crippen LogP contribution is -2.35. The molecular formula is C33H35ClFN5O5. The maximum atomic E-state index is 13.2. The van der Waals surface area contributed by atoms with Gasteiger partial charge in [0.25, 0.3) is 0 Å². The molecule has 2 fully saturated rings. The van der Waals surface area contributed by atoms with Crippen LogP contribution in [0.3, 0.4) is 0 Å².